The summed E-state index contributed by atoms with van der Waals surface area (Å²) in [5.41, 5.74) is 3.04. The molecule has 6 nitrogen and oxygen atoms in total. The Hall–Kier alpha value is -2.67. The van der Waals surface area contributed by atoms with Gasteiger partial charge >= 0.3 is 0 Å². The van der Waals surface area contributed by atoms with Gasteiger partial charge in [0, 0.05) is 12.5 Å². The second kappa shape index (κ2) is 8.14. The fraction of sp³-hybridized carbons (Fsp3) is 0.333. The van der Waals surface area contributed by atoms with Crippen LogP contribution in [0.2, 0.25) is 0 Å². The zero-order valence-electron chi connectivity index (χ0n) is 16.3. The minimum absolute atomic E-state index is 0.00718. The number of phenolic OH excluding ortho intramolecular Hbond substituents is 1. The fourth-order valence-corrected chi connectivity index (χ4v) is 4.19. The maximum Gasteiger partial charge on any atom is 0.217 e. The van der Waals surface area contributed by atoms with Crippen LogP contribution in [-0.2, 0) is 11.2 Å². The SMILES string of the molecule is COc1c(O)cc2c(c1OC)-c1ccc(SC)c(=O)cc1C(NC(C)=O)CC2. The third-order valence-corrected chi connectivity index (χ3v) is 5.67. The topological polar surface area (TPSA) is 84.9 Å². The highest BCUT2D eigenvalue weighted by atomic mass is 32.2. The Kier molecular flexibility index (Phi) is 5.84. The van der Waals surface area contributed by atoms with Crippen LogP contribution < -0.4 is 20.2 Å². The Balaban J connectivity index is 2.41. The molecule has 0 aromatic heterocycles. The maximum atomic E-state index is 12.7. The van der Waals surface area contributed by atoms with Crippen molar-refractivity contribution in [3.05, 3.63) is 45.6 Å². The van der Waals surface area contributed by atoms with E-state index in [2.05, 4.69) is 5.32 Å². The first kappa shape index (κ1) is 20.1. The molecular weight excluding hydrogens is 378 g/mol. The van der Waals surface area contributed by atoms with Gasteiger partial charge < -0.3 is 19.9 Å². The summed E-state index contributed by atoms with van der Waals surface area (Å²) in [7, 11) is 2.98. The number of aromatic hydroxyl groups is 1. The highest BCUT2D eigenvalue weighted by Gasteiger charge is 2.28. The normalized spacial score (nSPS) is 15.1. The van der Waals surface area contributed by atoms with Crippen molar-refractivity contribution in [1.82, 2.24) is 5.32 Å². The molecule has 0 radical (unpaired) electrons. The lowest BCUT2D eigenvalue weighted by Crippen LogP contribution is -2.26. The molecule has 2 N–H and O–H groups in total. The molecule has 0 heterocycles. The van der Waals surface area contributed by atoms with Crippen LogP contribution in [0, 0.1) is 0 Å². The number of aryl methyl sites for hydroxylation is 1. The number of nitrogens with one attached hydrogen (secondary N) is 1. The predicted molar refractivity (Wildman–Crippen MR) is 110 cm³/mol. The standard InChI is InChI=1S/C21H23NO5S/c1-11(23)22-15-7-5-12-9-17(25)20(26-2)21(27-3)19(12)13-6-8-18(28-4)16(24)10-14(13)15/h6,8-10,15,25H,5,7H2,1-4H3,(H,22,23). The lowest BCUT2D eigenvalue weighted by molar-refractivity contribution is -0.119. The number of rotatable bonds is 4. The van der Waals surface area contributed by atoms with Crippen molar-refractivity contribution >= 4 is 17.7 Å². The lowest BCUT2D eigenvalue weighted by atomic mass is 9.95. The molecule has 0 spiro atoms. The van der Waals surface area contributed by atoms with Crippen molar-refractivity contribution in [2.45, 2.75) is 30.7 Å². The summed E-state index contributed by atoms with van der Waals surface area (Å²) in [6, 6.07) is 6.59. The van der Waals surface area contributed by atoms with E-state index in [0.29, 0.717) is 23.5 Å². The van der Waals surface area contributed by atoms with Gasteiger partial charge in [-0.25, -0.2) is 0 Å². The van der Waals surface area contributed by atoms with Crippen LogP contribution in [0.25, 0.3) is 11.1 Å². The third-order valence-electron chi connectivity index (χ3n) is 4.89. The van der Waals surface area contributed by atoms with E-state index in [9.17, 15) is 14.7 Å². The number of hydrogen-bond donors (Lipinski definition) is 2. The molecule has 0 bridgehead atoms. The number of thioether (sulfide) groups is 1. The van der Waals surface area contributed by atoms with E-state index < -0.39 is 0 Å². The van der Waals surface area contributed by atoms with Crippen LogP contribution in [0.3, 0.4) is 0 Å². The van der Waals surface area contributed by atoms with Gasteiger partial charge in [0.25, 0.3) is 0 Å². The monoisotopic (exact) mass is 401 g/mol. The number of amides is 1. The highest BCUT2D eigenvalue weighted by Crippen LogP contribution is 2.49. The molecule has 1 amide bonds. The second-order valence-electron chi connectivity index (χ2n) is 6.57. The van der Waals surface area contributed by atoms with Gasteiger partial charge in [-0.3, -0.25) is 9.59 Å². The Morgan fingerprint density at radius 2 is 1.93 bits per heavy atom. The Morgan fingerprint density at radius 1 is 1.21 bits per heavy atom. The molecule has 1 aliphatic rings. The van der Waals surface area contributed by atoms with E-state index >= 15 is 0 Å². The summed E-state index contributed by atoms with van der Waals surface area (Å²) in [4.78, 5) is 25.1. The Bertz CT molecular complexity index is 989. The summed E-state index contributed by atoms with van der Waals surface area (Å²) < 4.78 is 11.0. The molecule has 7 heteroatoms. The van der Waals surface area contributed by atoms with Gasteiger partial charge in [-0.1, -0.05) is 6.07 Å². The number of methoxy groups -OCH3 is 2. The molecule has 3 rings (SSSR count). The largest absolute Gasteiger partial charge is 0.504 e. The zero-order chi connectivity index (χ0) is 20.4. The van der Waals surface area contributed by atoms with Gasteiger partial charge in [-0.05, 0) is 54.0 Å². The van der Waals surface area contributed by atoms with Gasteiger partial charge in [0.15, 0.2) is 16.9 Å². The van der Waals surface area contributed by atoms with Crippen LogP contribution in [0.1, 0.15) is 30.5 Å². The predicted octanol–water partition coefficient (Wildman–Crippen LogP) is 3.28. The van der Waals surface area contributed by atoms with Gasteiger partial charge in [0.2, 0.25) is 11.7 Å². The first-order valence-electron chi connectivity index (χ1n) is 8.87. The molecule has 28 heavy (non-hydrogen) atoms. The highest BCUT2D eigenvalue weighted by molar-refractivity contribution is 7.98. The van der Waals surface area contributed by atoms with Crippen molar-refractivity contribution in [2.24, 2.45) is 0 Å². The average molecular weight is 401 g/mol. The number of fused-ring (bicyclic) bond motifs is 3. The number of carbonyl (C=O) groups is 1. The summed E-state index contributed by atoms with van der Waals surface area (Å²) in [5, 5.41) is 13.3. The van der Waals surface area contributed by atoms with E-state index in [-0.39, 0.29) is 28.9 Å². The van der Waals surface area contributed by atoms with Gasteiger partial charge in [0.05, 0.1) is 25.2 Å². The Labute approximate surface area is 167 Å². The second-order valence-corrected chi connectivity index (χ2v) is 7.42. The van der Waals surface area contributed by atoms with Crippen LogP contribution in [0.15, 0.2) is 34.0 Å². The van der Waals surface area contributed by atoms with Crippen molar-refractivity contribution in [2.75, 3.05) is 20.5 Å². The molecule has 0 saturated carbocycles. The third kappa shape index (κ3) is 3.54. The first-order chi connectivity index (χ1) is 13.4. The van der Waals surface area contributed by atoms with Crippen LogP contribution >= 0.6 is 11.8 Å². The van der Waals surface area contributed by atoms with Gasteiger partial charge in [0.1, 0.15) is 0 Å². The summed E-state index contributed by atoms with van der Waals surface area (Å²) in [5.74, 6) is 0.473. The van der Waals surface area contributed by atoms with Crippen molar-refractivity contribution in [3.63, 3.8) is 0 Å². The fourth-order valence-electron chi connectivity index (χ4n) is 3.73. The Morgan fingerprint density at radius 3 is 2.54 bits per heavy atom. The molecule has 1 unspecified atom stereocenters. The molecule has 1 atom stereocenters. The minimum Gasteiger partial charge on any atom is -0.504 e. The summed E-state index contributed by atoms with van der Waals surface area (Å²) >= 11 is 1.37. The molecule has 0 fully saturated rings. The number of phenols is 1. The van der Waals surface area contributed by atoms with Crippen molar-refractivity contribution in [3.8, 4) is 28.4 Å². The van der Waals surface area contributed by atoms with Crippen molar-refractivity contribution in [1.29, 1.82) is 0 Å². The quantitative estimate of drug-likeness (QED) is 0.765. The smallest absolute Gasteiger partial charge is 0.217 e. The minimum atomic E-state index is -0.326. The number of benzene rings is 1. The number of hydrogen-bond acceptors (Lipinski definition) is 6. The molecule has 1 aliphatic carbocycles. The summed E-state index contributed by atoms with van der Waals surface area (Å²) in [6.45, 7) is 1.46. The van der Waals surface area contributed by atoms with E-state index in [1.54, 1.807) is 18.2 Å². The number of ether oxygens (including phenoxy) is 2. The summed E-state index contributed by atoms with van der Waals surface area (Å²) in [6.07, 6.45) is 3.03. The van der Waals surface area contributed by atoms with E-state index in [0.717, 1.165) is 22.3 Å². The lowest BCUT2D eigenvalue weighted by Gasteiger charge is -2.18. The average Bonchev–Trinajstić information content (AvgIpc) is 2.89. The van der Waals surface area contributed by atoms with Gasteiger partial charge in [-0.2, -0.15) is 0 Å². The van der Waals surface area contributed by atoms with Crippen LogP contribution in [0.5, 0.6) is 17.2 Å². The van der Waals surface area contributed by atoms with E-state index in [4.69, 9.17) is 9.47 Å². The number of carbonyl (C=O) groups excluding carboxylic acids is 1. The van der Waals surface area contributed by atoms with Gasteiger partial charge in [-0.15, -0.1) is 11.8 Å². The molecule has 0 aliphatic heterocycles. The van der Waals surface area contributed by atoms with Crippen LogP contribution in [-0.4, -0.2) is 31.5 Å². The van der Waals surface area contributed by atoms with E-state index in [1.165, 1.54) is 32.9 Å². The molecular formula is C21H23NO5S. The zero-order valence-corrected chi connectivity index (χ0v) is 17.1. The van der Waals surface area contributed by atoms with Crippen molar-refractivity contribution < 1.29 is 19.4 Å². The maximum absolute atomic E-state index is 12.7. The molecule has 2 aromatic rings. The van der Waals surface area contributed by atoms with Crippen LogP contribution in [0.4, 0.5) is 0 Å². The van der Waals surface area contributed by atoms with E-state index in [1.807, 2.05) is 12.3 Å². The molecule has 148 valence electrons. The molecule has 0 saturated heterocycles. The first-order valence-corrected chi connectivity index (χ1v) is 10.1. The molecule has 2 aromatic carbocycles.